The number of carbonyl (C=O) groups is 2. The van der Waals surface area contributed by atoms with Gasteiger partial charge >= 0.3 is 5.97 Å². The molecular formula is C8H10N2O4. The Hall–Kier alpha value is -1.61. The zero-order chi connectivity index (χ0) is 10.6. The first-order chi connectivity index (χ1) is 6.69. The summed E-state index contributed by atoms with van der Waals surface area (Å²) in [6, 6.07) is 0.394. The Morgan fingerprint density at radius 3 is 2.86 bits per heavy atom. The van der Waals surface area contributed by atoms with Crippen LogP contribution >= 0.6 is 0 Å². The van der Waals surface area contributed by atoms with Crippen LogP contribution in [-0.4, -0.2) is 37.2 Å². The summed E-state index contributed by atoms with van der Waals surface area (Å²) in [5.74, 6) is -1.20. The smallest absolute Gasteiger partial charge is 0.343 e. The lowest BCUT2D eigenvalue weighted by Gasteiger charge is -2.08. The summed E-state index contributed by atoms with van der Waals surface area (Å²) in [6.07, 6.45) is -0.514. The molecule has 0 saturated carbocycles. The summed E-state index contributed by atoms with van der Waals surface area (Å²) in [5, 5.41) is 10.8. The molecule has 1 unspecified atom stereocenters. The second-order valence-electron chi connectivity index (χ2n) is 2.64. The average Bonchev–Trinajstić information content (AvgIpc) is 2.97. The highest BCUT2D eigenvalue weighted by atomic mass is 16.6. The van der Waals surface area contributed by atoms with Gasteiger partial charge < -0.3 is 14.8 Å². The first-order valence-corrected chi connectivity index (χ1v) is 4.17. The van der Waals surface area contributed by atoms with Gasteiger partial charge in [0.1, 0.15) is 0 Å². The fourth-order valence-electron chi connectivity index (χ4n) is 0.804. The standard InChI is InChI=1S/C8H10N2O4/c1-2-13-8(12)5(3-9)10-7(11)6-4-14-6/h5-6H,2,4H2,1H3,(H,10,11)/t5?,6-/m1/s1. The molecule has 2 atom stereocenters. The molecule has 0 aliphatic carbocycles. The van der Waals surface area contributed by atoms with Crippen LogP contribution in [0.15, 0.2) is 0 Å². The highest BCUT2D eigenvalue weighted by molar-refractivity contribution is 5.89. The van der Waals surface area contributed by atoms with Crippen molar-refractivity contribution in [3.05, 3.63) is 0 Å². The quantitative estimate of drug-likeness (QED) is 0.460. The van der Waals surface area contributed by atoms with Gasteiger partial charge in [0.2, 0.25) is 6.04 Å². The molecule has 0 spiro atoms. The van der Waals surface area contributed by atoms with E-state index in [-0.39, 0.29) is 6.61 Å². The van der Waals surface area contributed by atoms with E-state index in [0.717, 1.165) is 0 Å². The summed E-state index contributed by atoms with van der Waals surface area (Å²) < 4.78 is 9.26. The minimum absolute atomic E-state index is 0.173. The van der Waals surface area contributed by atoms with Gasteiger partial charge in [0.25, 0.3) is 5.91 Å². The van der Waals surface area contributed by atoms with Crippen molar-refractivity contribution in [1.82, 2.24) is 5.32 Å². The van der Waals surface area contributed by atoms with E-state index in [4.69, 9.17) is 5.26 Å². The van der Waals surface area contributed by atoms with Crippen LogP contribution < -0.4 is 5.32 Å². The maximum atomic E-state index is 11.1. The molecule has 1 N–H and O–H groups in total. The molecule has 1 amide bonds. The number of hydrogen-bond acceptors (Lipinski definition) is 5. The number of amides is 1. The van der Waals surface area contributed by atoms with Crippen LogP contribution in [-0.2, 0) is 19.1 Å². The summed E-state index contributed by atoms with van der Waals surface area (Å²) in [6.45, 7) is 2.14. The molecule has 1 saturated heterocycles. The summed E-state index contributed by atoms with van der Waals surface area (Å²) in [5.41, 5.74) is 0. The zero-order valence-corrected chi connectivity index (χ0v) is 7.65. The predicted octanol–water partition coefficient (Wildman–Crippen LogP) is -1.04. The monoisotopic (exact) mass is 198 g/mol. The molecule has 6 heteroatoms. The van der Waals surface area contributed by atoms with Crippen molar-refractivity contribution in [3.8, 4) is 6.07 Å². The summed E-state index contributed by atoms with van der Waals surface area (Å²) in [7, 11) is 0. The van der Waals surface area contributed by atoms with E-state index in [2.05, 4.69) is 14.8 Å². The Morgan fingerprint density at radius 1 is 1.79 bits per heavy atom. The van der Waals surface area contributed by atoms with E-state index in [1.165, 1.54) is 0 Å². The second kappa shape index (κ2) is 4.58. The molecule has 6 nitrogen and oxygen atoms in total. The first-order valence-electron chi connectivity index (χ1n) is 4.17. The maximum Gasteiger partial charge on any atom is 0.343 e. The minimum atomic E-state index is -1.24. The molecule has 0 bridgehead atoms. The van der Waals surface area contributed by atoms with Gasteiger partial charge in [-0.25, -0.2) is 4.79 Å². The van der Waals surface area contributed by atoms with Crippen molar-refractivity contribution >= 4 is 11.9 Å². The lowest BCUT2D eigenvalue weighted by molar-refractivity contribution is -0.145. The summed E-state index contributed by atoms with van der Waals surface area (Å²) >= 11 is 0. The van der Waals surface area contributed by atoms with Gasteiger partial charge in [-0.05, 0) is 6.92 Å². The van der Waals surface area contributed by atoms with Crippen molar-refractivity contribution in [2.45, 2.75) is 19.1 Å². The van der Waals surface area contributed by atoms with E-state index < -0.39 is 24.0 Å². The van der Waals surface area contributed by atoms with E-state index >= 15 is 0 Å². The van der Waals surface area contributed by atoms with Crippen molar-refractivity contribution in [2.75, 3.05) is 13.2 Å². The van der Waals surface area contributed by atoms with E-state index in [1.807, 2.05) is 0 Å². The number of nitriles is 1. The molecule has 0 aromatic heterocycles. The van der Waals surface area contributed by atoms with Gasteiger partial charge in [-0.3, -0.25) is 4.79 Å². The molecule has 76 valence electrons. The molecule has 14 heavy (non-hydrogen) atoms. The number of esters is 1. The number of nitrogens with one attached hydrogen (secondary N) is 1. The number of nitrogens with zero attached hydrogens (tertiary/aromatic N) is 1. The minimum Gasteiger partial charge on any atom is -0.464 e. The van der Waals surface area contributed by atoms with Crippen LogP contribution in [0.5, 0.6) is 0 Å². The van der Waals surface area contributed by atoms with Crippen LogP contribution in [0.1, 0.15) is 6.92 Å². The lowest BCUT2D eigenvalue weighted by atomic mass is 10.3. The Labute approximate surface area is 80.8 Å². The van der Waals surface area contributed by atoms with Crippen molar-refractivity contribution in [2.24, 2.45) is 0 Å². The Bertz CT molecular complexity index is 280. The number of epoxide rings is 1. The highest BCUT2D eigenvalue weighted by Crippen LogP contribution is 2.08. The van der Waals surface area contributed by atoms with Crippen LogP contribution in [0.3, 0.4) is 0 Å². The average molecular weight is 198 g/mol. The Morgan fingerprint density at radius 2 is 2.43 bits per heavy atom. The Balaban J connectivity index is 2.41. The van der Waals surface area contributed by atoms with Crippen molar-refractivity contribution in [3.63, 3.8) is 0 Å². The molecule has 0 aromatic carbocycles. The molecule has 1 heterocycles. The molecule has 1 rings (SSSR count). The SMILES string of the molecule is CCOC(=O)C(C#N)NC(=O)[C@H]1CO1. The van der Waals surface area contributed by atoms with E-state index in [1.54, 1.807) is 13.0 Å². The van der Waals surface area contributed by atoms with E-state index in [9.17, 15) is 9.59 Å². The highest BCUT2D eigenvalue weighted by Gasteiger charge is 2.34. The molecule has 1 fully saturated rings. The van der Waals surface area contributed by atoms with E-state index in [0.29, 0.717) is 6.61 Å². The molecule has 0 radical (unpaired) electrons. The third-order valence-corrected chi connectivity index (χ3v) is 1.56. The molecular weight excluding hydrogens is 188 g/mol. The third kappa shape index (κ3) is 2.71. The molecule has 0 aromatic rings. The van der Waals surface area contributed by atoms with Crippen molar-refractivity contribution < 1.29 is 19.1 Å². The van der Waals surface area contributed by atoms with Gasteiger partial charge in [-0.15, -0.1) is 0 Å². The summed E-state index contributed by atoms with van der Waals surface area (Å²) in [4.78, 5) is 22.1. The molecule has 1 aliphatic heterocycles. The van der Waals surface area contributed by atoms with Crippen LogP contribution in [0, 0.1) is 11.3 Å². The first kappa shape index (κ1) is 10.5. The van der Waals surface area contributed by atoms with Crippen LogP contribution in [0.25, 0.3) is 0 Å². The van der Waals surface area contributed by atoms with Gasteiger partial charge in [0, 0.05) is 0 Å². The fourth-order valence-corrected chi connectivity index (χ4v) is 0.804. The number of carbonyl (C=O) groups excluding carboxylic acids is 2. The van der Waals surface area contributed by atoms with Crippen molar-refractivity contribution in [1.29, 1.82) is 5.26 Å². The van der Waals surface area contributed by atoms with Crippen LogP contribution in [0.4, 0.5) is 0 Å². The van der Waals surface area contributed by atoms with Crippen LogP contribution in [0.2, 0.25) is 0 Å². The van der Waals surface area contributed by atoms with Gasteiger partial charge in [-0.1, -0.05) is 0 Å². The number of ether oxygens (including phenoxy) is 2. The van der Waals surface area contributed by atoms with Gasteiger partial charge in [-0.2, -0.15) is 5.26 Å². The predicted molar refractivity (Wildman–Crippen MR) is 43.9 cm³/mol. The number of rotatable bonds is 4. The normalized spacial score (nSPS) is 20.4. The fraction of sp³-hybridized carbons (Fsp3) is 0.625. The lowest BCUT2D eigenvalue weighted by Crippen LogP contribution is -2.42. The third-order valence-electron chi connectivity index (χ3n) is 1.56. The van der Waals surface area contributed by atoms with Gasteiger partial charge in [0.15, 0.2) is 6.10 Å². The molecule has 1 aliphatic rings. The topological polar surface area (TPSA) is 91.7 Å². The Kier molecular flexibility index (Phi) is 3.42. The maximum absolute atomic E-state index is 11.1. The van der Waals surface area contributed by atoms with Gasteiger partial charge in [0.05, 0.1) is 19.3 Å². The second-order valence-corrected chi connectivity index (χ2v) is 2.64. The number of hydrogen-bond donors (Lipinski definition) is 1. The largest absolute Gasteiger partial charge is 0.464 e. The zero-order valence-electron chi connectivity index (χ0n) is 7.65.